The zero-order valence-electron chi connectivity index (χ0n) is 18.8. The number of carbonyl (C=O) groups is 1. The van der Waals surface area contributed by atoms with Gasteiger partial charge in [-0.1, -0.05) is 70.8 Å². The van der Waals surface area contributed by atoms with Crippen LogP contribution in [-0.4, -0.2) is 10.4 Å². The minimum Gasteiger partial charge on any atom is -0.294 e. The van der Waals surface area contributed by atoms with Gasteiger partial charge in [-0.3, -0.25) is 14.2 Å². The molecule has 0 atom stereocenters. The van der Waals surface area contributed by atoms with Crippen LogP contribution in [0.1, 0.15) is 38.2 Å². The number of aryl methyl sites for hydroxylation is 3. The lowest BCUT2D eigenvalue weighted by Gasteiger charge is -2.04. The average Bonchev–Trinajstić information content (AvgIpc) is 3.05. The topological polar surface area (TPSA) is 39.1 Å². The van der Waals surface area contributed by atoms with E-state index < -0.39 is 0 Å². The molecule has 3 nitrogen and oxygen atoms in total. The molecular weight excluding hydrogens is 450 g/mol. The van der Waals surface area contributed by atoms with Gasteiger partial charge in [0.2, 0.25) is 0 Å². The highest BCUT2D eigenvalue weighted by Gasteiger charge is 2.10. The Bertz CT molecular complexity index is 1470. The third-order valence-electron chi connectivity index (χ3n) is 5.33. The number of ketones is 1. The van der Waals surface area contributed by atoms with Crippen LogP contribution < -0.4 is 14.8 Å². The molecule has 4 rings (SSSR count). The van der Waals surface area contributed by atoms with Crippen molar-refractivity contribution in [2.45, 2.75) is 27.3 Å². The molecule has 0 amide bonds. The fraction of sp³-hybridized carbons (Fsp3) is 0.143. The molecular formula is C28H24ClNO2S. The fourth-order valence-electron chi connectivity index (χ4n) is 3.69. The standard InChI is InChI=1S/C28H24ClNO2S/c1-18-4-6-21(7-5-18)15-26-28(32)30(17-22-8-10-24(29)11-9-22)27(33-26)16-25(31)23-13-19(2)12-20(3)14-23/h4-16H,17H2,1-3H3/b26-15-,27-16-. The number of nitrogens with zero attached hydrogens (tertiary/aromatic N) is 1. The van der Waals surface area contributed by atoms with Crippen molar-refractivity contribution in [1.82, 2.24) is 4.57 Å². The van der Waals surface area contributed by atoms with Gasteiger partial charge in [-0.2, -0.15) is 0 Å². The smallest absolute Gasteiger partial charge is 0.269 e. The number of halogens is 1. The molecule has 0 aliphatic heterocycles. The van der Waals surface area contributed by atoms with Crippen LogP contribution in [0.25, 0.3) is 12.2 Å². The Balaban J connectivity index is 1.85. The Morgan fingerprint density at radius 2 is 1.55 bits per heavy atom. The average molecular weight is 474 g/mol. The highest BCUT2D eigenvalue weighted by Crippen LogP contribution is 2.11. The normalized spacial score (nSPS) is 12.4. The van der Waals surface area contributed by atoms with Crippen molar-refractivity contribution in [1.29, 1.82) is 0 Å². The predicted octanol–water partition coefficient (Wildman–Crippen LogP) is 5.03. The Morgan fingerprint density at radius 3 is 2.18 bits per heavy atom. The van der Waals surface area contributed by atoms with Crippen molar-refractivity contribution < 1.29 is 4.79 Å². The second kappa shape index (κ2) is 9.74. The maximum Gasteiger partial charge on any atom is 0.269 e. The Hall–Kier alpha value is -3.21. The molecule has 0 spiro atoms. The predicted molar refractivity (Wildman–Crippen MR) is 138 cm³/mol. The molecule has 0 saturated carbocycles. The molecule has 3 aromatic carbocycles. The number of thiazole rings is 1. The maximum absolute atomic E-state index is 13.3. The number of benzene rings is 3. The van der Waals surface area contributed by atoms with Gasteiger partial charge in [0, 0.05) is 16.7 Å². The second-order valence-electron chi connectivity index (χ2n) is 8.26. The minimum absolute atomic E-state index is 0.116. The van der Waals surface area contributed by atoms with Crippen LogP contribution in [0.2, 0.25) is 5.02 Å². The van der Waals surface area contributed by atoms with Crippen LogP contribution in [0.4, 0.5) is 0 Å². The fourth-order valence-corrected chi connectivity index (χ4v) is 4.86. The van der Waals surface area contributed by atoms with Crippen molar-refractivity contribution in [3.05, 3.63) is 125 Å². The second-order valence-corrected chi connectivity index (χ2v) is 9.76. The lowest BCUT2D eigenvalue weighted by Crippen LogP contribution is -2.32. The summed E-state index contributed by atoms with van der Waals surface area (Å²) in [6.07, 6.45) is 3.45. The third kappa shape index (κ3) is 5.59. The summed E-state index contributed by atoms with van der Waals surface area (Å²) >= 11 is 7.35. The van der Waals surface area contributed by atoms with E-state index in [-0.39, 0.29) is 11.3 Å². The van der Waals surface area contributed by atoms with Gasteiger partial charge in [0.15, 0.2) is 5.78 Å². The Labute approximate surface area is 201 Å². The Morgan fingerprint density at radius 1 is 0.909 bits per heavy atom. The molecule has 0 N–H and O–H groups in total. The zero-order chi connectivity index (χ0) is 23.5. The van der Waals surface area contributed by atoms with Gasteiger partial charge in [0.1, 0.15) is 4.66 Å². The van der Waals surface area contributed by atoms with E-state index in [9.17, 15) is 9.59 Å². The summed E-state index contributed by atoms with van der Waals surface area (Å²) in [5, 5.41) is 0.640. The van der Waals surface area contributed by atoms with E-state index >= 15 is 0 Å². The maximum atomic E-state index is 13.3. The van der Waals surface area contributed by atoms with Gasteiger partial charge in [-0.25, -0.2) is 0 Å². The molecule has 0 bridgehead atoms. The third-order valence-corrected chi connectivity index (χ3v) is 6.64. The van der Waals surface area contributed by atoms with Crippen molar-refractivity contribution in [3.63, 3.8) is 0 Å². The summed E-state index contributed by atoms with van der Waals surface area (Å²) in [6.45, 7) is 6.33. The van der Waals surface area contributed by atoms with Gasteiger partial charge in [-0.05, 0) is 62.2 Å². The highest BCUT2D eigenvalue weighted by atomic mass is 35.5. The van der Waals surface area contributed by atoms with Crippen LogP contribution >= 0.6 is 22.9 Å². The van der Waals surface area contributed by atoms with Gasteiger partial charge in [0.05, 0.1) is 11.1 Å². The van der Waals surface area contributed by atoms with E-state index in [1.165, 1.54) is 11.3 Å². The molecule has 1 aromatic heterocycles. The van der Waals surface area contributed by atoms with Crippen molar-refractivity contribution in [2.24, 2.45) is 0 Å². The van der Waals surface area contributed by atoms with E-state index in [4.69, 9.17) is 11.6 Å². The monoisotopic (exact) mass is 473 g/mol. The van der Waals surface area contributed by atoms with Gasteiger partial charge >= 0.3 is 0 Å². The summed E-state index contributed by atoms with van der Waals surface area (Å²) in [7, 11) is 0. The molecule has 1 heterocycles. The summed E-state index contributed by atoms with van der Waals surface area (Å²) in [4.78, 5) is 26.4. The van der Waals surface area contributed by atoms with Crippen LogP contribution in [0.3, 0.4) is 0 Å². The Kier molecular flexibility index (Phi) is 6.77. The summed E-state index contributed by atoms with van der Waals surface area (Å²) in [5.74, 6) is -0.116. The lowest BCUT2D eigenvalue weighted by molar-refractivity contribution is 0.106. The largest absolute Gasteiger partial charge is 0.294 e. The summed E-state index contributed by atoms with van der Waals surface area (Å²) in [6, 6.07) is 21.2. The SMILES string of the molecule is Cc1ccc(/C=c2\s/c(=C\C(=O)c3cc(C)cc(C)c3)n(Cc3ccc(Cl)cc3)c2=O)cc1. The van der Waals surface area contributed by atoms with Crippen LogP contribution in [0.5, 0.6) is 0 Å². The number of hydrogen-bond donors (Lipinski definition) is 0. The number of aromatic nitrogens is 1. The molecule has 4 aromatic rings. The van der Waals surface area contributed by atoms with Crippen LogP contribution in [0.15, 0.2) is 71.5 Å². The van der Waals surface area contributed by atoms with Gasteiger partial charge in [-0.15, -0.1) is 11.3 Å². The van der Waals surface area contributed by atoms with E-state index in [2.05, 4.69) is 0 Å². The van der Waals surface area contributed by atoms with Crippen molar-refractivity contribution in [2.75, 3.05) is 0 Å². The number of Topliss-reactive ketones (excluding diaryl/α,β-unsaturated/α-hetero) is 1. The van der Waals surface area contributed by atoms with E-state index in [1.807, 2.05) is 81.4 Å². The summed E-state index contributed by atoms with van der Waals surface area (Å²) in [5.41, 5.74) is 5.62. The van der Waals surface area contributed by atoms with Crippen LogP contribution in [-0.2, 0) is 6.54 Å². The summed E-state index contributed by atoms with van der Waals surface area (Å²) < 4.78 is 2.87. The molecule has 33 heavy (non-hydrogen) atoms. The van der Waals surface area contributed by atoms with Gasteiger partial charge in [0.25, 0.3) is 5.56 Å². The zero-order valence-corrected chi connectivity index (χ0v) is 20.3. The van der Waals surface area contributed by atoms with Gasteiger partial charge < -0.3 is 0 Å². The van der Waals surface area contributed by atoms with Crippen molar-refractivity contribution in [3.8, 4) is 0 Å². The molecule has 0 saturated heterocycles. The minimum atomic E-state index is -0.116. The van der Waals surface area contributed by atoms with E-state index in [0.29, 0.717) is 26.3 Å². The molecule has 5 heteroatoms. The first-order chi connectivity index (χ1) is 15.8. The van der Waals surface area contributed by atoms with Crippen LogP contribution in [0, 0.1) is 20.8 Å². The molecule has 0 radical (unpaired) electrons. The molecule has 0 aliphatic rings. The number of rotatable bonds is 5. The quantitative estimate of drug-likeness (QED) is 0.381. The first kappa shape index (κ1) is 23.0. The molecule has 0 unspecified atom stereocenters. The lowest BCUT2D eigenvalue weighted by atomic mass is 10.0. The van der Waals surface area contributed by atoms with Crippen molar-refractivity contribution >= 4 is 40.9 Å². The molecule has 0 aliphatic carbocycles. The highest BCUT2D eigenvalue weighted by molar-refractivity contribution is 7.07. The van der Waals surface area contributed by atoms with E-state index in [1.54, 1.807) is 22.8 Å². The molecule has 166 valence electrons. The molecule has 0 fully saturated rings. The van der Waals surface area contributed by atoms with E-state index in [0.717, 1.165) is 27.8 Å². The number of carbonyl (C=O) groups excluding carboxylic acids is 1. The number of hydrogen-bond acceptors (Lipinski definition) is 3. The first-order valence-electron chi connectivity index (χ1n) is 10.7. The first-order valence-corrected chi connectivity index (χ1v) is 11.8.